The Hall–Kier alpha value is -1.14. The zero-order valence-corrected chi connectivity index (χ0v) is 28.7. The number of aliphatic carboxylic acids is 1. The highest BCUT2D eigenvalue weighted by Gasteiger charge is 2.07. The van der Waals surface area contributed by atoms with Crippen molar-refractivity contribution in [2.24, 2.45) is 0 Å². The first-order chi connectivity index (χ1) is 21.0. The van der Waals surface area contributed by atoms with Crippen LogP contribution < -0.4 is 5.11 Å². The Labute approximate surface area is 267 Å². The molecule has 0 heterocycles. The highest BCUT2D eigenvalue weighted by Crippen LogP contribution is 2.14. The van der Waals surface area contributed by atoms with Crippen molar-refractivity contribution in [2.75, 3.05) is 13.2 Å². The molecule has 6 heteroatoms. The number of rotatable bonds is 33. The summed E-state index contributed by atoms with van der Waals surface area (Å²) >= 11 is 0. The van der Waals surface area contributed by atoms with Gasteiger partial charge < -0.3 is 24.9 Å². The number of ether oxygens (including phenoxy) is 1. The van der Waals surface area contributed by atoms with E-state index in [2.05, 4.69) is 13.8 Å². The van der Waals surface area contributed by atoms with Crippen molar-refractivity contribution in [1.29, 1.82) is 0 Å². The lowest BCUT2D eigenvalue weighted by Crippen LogP contribution is -2.21. The van der Waals surface area contributed by atoms with Gasteiger partial charge >= 0.3 is 5.97 Å². The third-order valence-electron chi connectivity index (χ3n) is 8.12. The number of hydrogen-bond acceptors (Lipinski definition) is 6. The number of carbonyl (C=O) groups is 2. The van der Waals surface area contributed by atoms with Crippen molar-refractivity contribution in [3.63, 3.8) is 0 Å². The molecule has 0 aliphatic rings. The lowest BCUT2D eigenvalue weighted by atomic mass is 10.0. The average molecular weight is 614 g/mol. The van der Waals surface area contributed by atoms with E-state index >= 15 is 0 Å². The van der Waals surface area contributed by atoms with Gasteiger partial charge in [0.1, 0.15) is 12.7 Å². The minimum Gasteiger partial charge on any atom is -0.550 e. The maximum absolute atomic E-state index is 11.4. The zero-order chi connectivity index (χ0) is 32.1. The fourth-order valence-corrected chi connectivity index (χ4v) is 5.24. The fourth-order valence-electron chi connectivity index (χ4n) is 5.24. The van der Waals surface area contributed by atoms with Crippen LogP contribution in [-0.2, 0) is 14.3 Å². The zero-order valence-electron chi connectivity index (χ0n) is 28.7. The smallest absolute Gasteiger partial charge is 0.305 e. The van der Waals surface area contributed by atoms with Gasteiger partial charge in [0.2, 0.25) is 0 Å². The van der Waals surface area contributed by atoms with Crippen LogP contribution in [0.1, 0.15) is 206 Å². The second-order valence-corrected chi connectivity index (χ2v) is 12.6. The Balaban J connectivity index is 0. The molecule has 0 bridgehead atoms. The molecule has 0 fully saturated rings. The van der Waals surface area contributed by atoms with Gasteiger partial charge in [-0.2, -0.15) is 0 Å². The number of esters is 1. The molecule has 0 aromatic heterocycles. The van der Waals surface area contributed by atoms with E-state index in [1.54, 1.807) is 0 Å². The normalized spacial score (nSPS) is 11.6. The fraction of sp³-hybridized carbons (Fsp3) is 0.946. The van der Waals surface area contributed by atoms with Crippen LogP contribution in [0.5, 0.6) is 0 Å². The van der Waals surface area contributed by atoms with Gasteiger partial charge in [0.15, 0.2) is 0 Å². The number of carbonyl (C=O) groups excluding carboxylic acids is 2. The van der Waals surface area contributed by atoms with Crippen LogP contribution in [0, 0.1) is 0 Å². The van der Waals surface area contributed by atoms with Gasteiger partial charge in [0.05, 0.1) is 6.61 Å². The van der Waals surface area contributed by atoms with Crippen molar-refractivity contribution in [3.05, 3.63) is 0 Å². The summed E-state index contributed by atoms with van der Waals surface area (Å²) in [5, 5.41) is 27.9. The Kier molecular flexibility index (Phi) is 39.8. The summed E-state index contributed by atoms with van der Waals surface area (Å²) in [5.41, 5.74) is 0. The summed E-state index contributed by atoms with van der Waals surface area (Å²) in [5.74, 6) is -1.18. The molecule has 1 atom stereocenters. The van der Waals surface area contributed by atoms with E-state index in [0.717, 1.165) is 25.7 Å². The molecule has 0 spiro atoms. The monoisotopic (exact) mass is 614 g/mol. The molecule has 43 heavy (non-hydrogen) atoms. The highest BCUT2D eigenvalue weighted by molar-refractivity contribution is 5.69. The molecule has 0 rings (SSSR count). The summed E-state index contributed by atoms with van der Waals surface area (Å²) in [6.07, 6.45) is 36.0. The molecular weight excluding hydrogens is 540 g/mol. The highest BCUT2D eigenvalue weighted by atomic mass is 16.5. The molecule has 0 aliphatic heterocycles. The lowest BCUT2D eigenvalue weighted by molar-refractivity contribution is -0.305. The number of unbranched alkanes of at least 4 members (excludes halogenated alkanes) is 26. The van der Waals surface area contributed by atoms with Gasteiger partial charge in [0, 0.05) is 12.4 Å². The standard InChI is InChI=1S/C21H42O4.C16H32O2/c1-2-3-4-5-6-7-8-9-10-11-12-13-14-15-16-17-21(24)25-19-20(23)18-22;1-2-3-4-5-6-7-8-9-10-11-12-13-14-15-16(17)18/h20,22-23H,2-19H2,1H3;2-15H2,1H3,(H,17,18)/p-1. The lowest BCUT2D eigenvalue weighted by Gasteiger charge is -2.08. The van der Waals surface area contributed by atoms with E-state index < -0.39 is 12.1 Å². The first-order valence-electron chi connectivity index (χ1n) is 18.6. The first-order valence-corrected chi connectivity index (χ1v) is 18.6. The summed E-state index contributed by atoms with van der Waals surface area (Å²) in [4.78, 5) is 21.6. The molecule has 1 unspecified atom stereocenters. The molecule has 6 nitrogen and oxygen atoms in total. The first kappa shape index (κ1) is 44.0. The van der Waals surface area contributed by atoms with E-state index in [4.69, 9.17) is 14.9 Å². The largest absolute Gasteiger partial charge is 0.550 e. The van der Waals surface area contributed by atoms with Gasteiger partial charge in [0.25, 0.3) is 0 Å². The quantitative estimate of drug-likeness (QED) is 0.0564. The Morgan fingerprint density at radius 3 is 1.07 bits per heavy atom. The molecule has 0 saturated carbocycles. The minimum absolute atomic E-state index is 0.103. The number of carboxylic acids is 1. The van der Waals surface area contributed by atoms with Crippen LogP contribution in [-0.4, -0.2) is 41.5 Å². The SMILES string of the molecule is CCCCCCCCCCCCCCCC(=O)[O-].CCCCCCCCCCCCCCCCCC(=O)OCC(O)CO. The predicted molar refractivity (Wildman–Crippen MR) is 179 cm³/mol. The van der Waals surface area contributed by atoms with E-state index in [-0.39, 0.29) is 25.6 Å². The number of aliphatic hydroxyl groups excluding tert-OH is 2. The van der Waals surface area contributed by atoms with E-state index in [1.165, 1.54) is 154 Å². The maximum atomic E-state index is 11.4. The number of hydrogen-bond donors (Lipinski definition) is 2. The van der Waals surface area contributed by atoms with Crippen LogP contribution in [0.3, 0.4) is 0 Å². The summed E-state index contributed by atoms with van der Waals surface area (Å²) in [6, 6.07) is 0. The number of carboxylic acid groups (broad SMARTS) is 1. The van der Waals surface area contributed by atoms with Crippen molar-refractivity contribution < 1.29 is 29.6 Å². The molecule has 0 aromatic rings. The van der Waals surface area contributed by atoms with Gasteiger partial charge in [-0.15, -0.1) is 0 Å². The third-order valence-corrected chi connectivity index (χ3v) is 8.12. The van der Waals surface area contributed by atoms with Crippen molar-refractivity contribution in [1.82, 2.24) is 0 Å². The topological polar surface area (TPSA) is 107 Å². The summed E-state index contributed by atoms with van der Waals surface area (Å²) in [6.45, 7) is 4.05. The Bertz CT molecular complexity index is 553. The molecule has 258 valence electrons. The van der Waals surface area contributed by atoms with Crippen LogP contribution in [0.15, 0.2) is 0 Å². The second-order valence-electron chi connectivity index (χ2n) is 12.6. The molecule has 0 saturated heterocycles. The van der Waals surface area contributed by atoms with Gasteiger partial charge in [-0.3, -0.25) is 4.79 Å². The Morgan fingerprint density at radius 1 is 0.512 bits per heavy atom. The maximum Gasteiger partial charge on any atom is 0.305 e. The molecule has 0 aromatic carbocycles. The molecule has 2 N–H and O–H groups in total. The molecule has 0 amide bonds. The van der Waals surface area contributed by atoms with Crippen LogP contribution in [0.4, 0.5) is 0 Å². The summed E-state index contributed by atoms with van der Waals surface area (Å²) < 4.78 is 4.86. The van der Waals surface area contributed by atoms with Crippen molar-refractivity contribution >= 4 is 11.9 Å². The molecule has 0 radical (unpaired) electrons. The second kappa shape index (κ2) is 38.9. The molecular formula is C37H73O6-. The van der Waals surface area contributed by atoms with Gasteiger partial charge in [-0.25, -0.2) is 0 Å². The minimum atomic E-state index is -0.954. The van der Waals surface area contributed by atoms with Gasteiger partial charge in [-0.05, 0) is 19.3 Å². The van der Waals surface area contributed by atoms with Crippen LogP contribution in [0.25, 0.3) is 0 Å². The number of aliphatic hydroxyl groups is 2. The van der Waals surface area contributed by atoms with Crippen molar-refractivity contribution in [2.45, 2.75) is 213 Å². The van der Waals surface area contributed by atoms with Crippen molar-refractivity contribution in [3.8, 4) is 0 Å². The average Bonchev–Trinajstić information content (AvgIpc) is 3.00. The van der Waals surface area contributed by atoms with Crippen LogP contribution >= 0.6 is 0 Å². The van der Waals surface area contributed by atoms with Gasteiger partial charge in [-0.1, -0.05) is 181 Å². The van der Waals surface area contributed by atoms with Crippen LogP contribution in [0.2, 0.25) is 0 Å². The Morgan fingerprint density at radius 2 is 0.791 bits per heavy atom. The third kappa shape index (κ3) is 43.0. The van der Waals surface area contributed by atoms with E-state index in [1.807, 2.05) is 0 Å². The summed E-state index contributed by atoms with van der Waals surface area (Å²) in [7, 11) is 0. The predicted octanol–water partition coefficient (Wildman–Crippen LogP) is 9.36. The molecule has 0 aliphatic carbocycles. The van der Waals surface area contributed by atoms with E-state index in [0.29, 0.717) is 6.42 Å². The van der Waals surface area contributed by atoms with E-state index in [9.17, 15) is 14.7 Å².